The summed E-state index contributed by atoms with van der Waals surface area (Å²) < 4.78 is 77.9. The molecule has 4 aromatic rings. The first-order valence-electron chi connectivity index (χ1n) is 49.0. The number of aromatic nitrogens is 1. The van der Waals surface area contributed by atoms with Gasteiger partial charge in [0.2, 0.25) is 47.1 Å². The minimum absolute atomic E-state index is 0.00988. The number of methoxy groups -OCH3 is 3. The van der Waals surface area contributed by atoms with Crippen LogP contribution in [0.1, 0.15) is 187 Å². The third kappa shape index (κ3) is 29.5. The summed E-state index contributed by atoms with van der Waals surface area (Å²) in [6.07, 6.45) is -12.3. The lowest BCUT2D eigenvalue weighted by Gasteiger charge is -2.47. The fourth-order valence-corrected chi connectivity index (χ4v) is 20.1. The molecule has 29 atom stereocenters. The number of nitrogens with two attached hydrogens (primary N) is 1. The Balaban J connectivity index is 0.000000330. The Bertz CT molecular complexity index is 5420. The smallest absolute Gasteiger partial charge is 0.446 e. The van der Waals surface area contributed by atoms with Crippen molar-refractivity contribution in [1.82, 2.24) is 46.4 Å². The number of unbranched alkanes of at least 4 members (excludes halogenated alkanes) is 2. The Kier molecular flexibility index (Phi) is 41.7. The molecule has 1 aliphatic carbocycles. The highest BCUT2D eigenvalue weighted by Gasteiger charge is 2.58. The summed E-state index contributed by atoms with van der Waals surface area (Å²) in [6, 6.07) is 2.38. The molecule has 46 heteroatoms. The van der Waals surface area contributed by atoms with Crippen LogP contribution in [0.2, 0.25) is 0 Å². The summed E-state index contributed by atoms with van der Waals surface area (Å²) in [4.78, 5) is 172. The summed E-state index contributed by atoms with van der Waals surface area (Å²) in [5.41, 5.74) is 7.78. The third-order valence-corrected chi connectivity index (χ3v) is 28.4. The summed E-state index contributed by atoms with van der Waals surface area (Å²) in [6.45, 7) is 16.9. The van der Waals surface area contributed by atoms with Gasteiger partial charge in [0.1, 0.15) is 90.0 Å². The quantitative estimate of drug-likeness (QED) is 0.0143. The molecule has 3 aromatic carbocycles. The van der Waals surface area contributed by atoms with E-state index in [0.29, 0.717) is 114 Å². The van der Waals surface area contributed by atoms with Crippen LogP contribution in [-0.2, 0) is 86.8 Å². The highest BCUT2D eigenvalue weighted by Crippen LogP contribution is 2.42. The number of amides is 9. The van der Waals surface area contributed by atoms with Crippen molar-refractivity contribution in [3.63, 3.8) is 0 Å². The monoisotopic (exact) mass is 2070 g/mol. The lowest BCUT2D eigenvalue weighted by atomic mass is 9.81. The number of benzene rings is 3. The summed E-state index contributed by atoms with van der Waals surface area (Å²) in [5.74, 6) is -20.6. The van der Waals surface area contributed by atoms with Crippen molar-refractivity contribution < 1.29 is 169 Å². The number of cyclic esters (lactones) is 1. The summed E-state index contributed by atoms with van der Waals surface area (Å²) >= 11 is 0. The number of aliphatic hydroxyl groups is 11. The van der Waals surface area contributed by atoms with E-state index in [1.807, 2.05) is 43.6 Å². The average Bonchev–Trinajstić information content (AvgIpc) is 0.969. The molecule has 20 N–H and O–H groups in total. The van der Waals surface area contributed by atoms with Crippen LogP contribution in [0.25, 0.3) is 22.6 Å². The number of ether oxygens (including phenoxy) is 6. The number of ketones is 2. The molecule has 1 aromatic heterocycles. The Labute approximate surface area is 845 Å². The number of primary amides is 1. The first-order valence-corrected chi connectivity index (χ1v) is 50.4. The second-order valence-electron chi connectivity index (χ2n) is 39.2. The molecule has 1 saturated carbocycles. The molecule has 5 saturated heterocycles. The number of carbonyl (C=O) groups is 12. The number of hydrogen-bond acceptors (Lipinski definition) is 35. The molecule has 0 radical (unpaired) electrons. The molecule has 15 unspecified atom stereocenters. The van der Waals surface area contributed by atoms with Crippen molar-refractivity contribution in [2.75, 3.05) is 47.6 Å². The van der Waals surface area contributed by atoms with Gasteiger partial charge in [0.25, 0.3) is 17.6 Å². The minimum Gasteiger partial charge on any atom is -0.504 e. The Morgan fingerprint density at radius 3 is 2.01 bits per heavy atom. The normalized spacial score (nSPS) is 32.1. The van der Waals surface area contributed by atoms with Gasteiger partial charge in [0, 0.05) is 107 Å². The maximum atomic E-state index is 14.7. The van der Waals surface area contributed by atoms with Gasteiger partial charge in [-0.15, -0.1) is 6.58 Å². The van der Waals surface area contributed by atoms with Crippen LogP contribution in [0, 0.1) is 35.5 Å². The number of nitrogens with zero attached hydrogens (tertiary/aromatic N) is 4. The van der Waals surface area contributed by atoms with Crippen LogP contribution in [0.3, 0.4) is 0 Å². The highest BCUT2D eigenvalue weighted by molar-refractivity contribution is 7.81. The van der Waals surface area contributed by atoms with Crippen molar-refractivity contribution in [3.05, 3.63) is 120 Å². The number of carbonyl (C=O) groups excluding carboxylic acids is 12. The number of allylic oxidation sites excluding steroid dienone is 4. The number of hydrogen-bond donors (Lipinski definition) is 19. The van der Waals surface area contributed by atoms with E-state index in [1.54, 1.807) is 57.4 Å². The van der Waals surface area contributed by atoms with Crippen molar-refractivity contribution in [2.24, 2.45) is 41.2 Å². The first-order chi connectivity index (χ1) is 68.9. The summed E-state index contributed by atoms with van der Waals surface area (Å²) in [7, 11) is -0.743. The molecule has 45 nitrogen and oxygen atoms in total. The Morgan fingerprint density at radius 2 is 1.36 bits per heavy atom. The van der Waals surface area contributed by atoms with Gasteiger partial charge in [-0.1, -0.05) is 94.6 Å². The number of esters is 1. The van der Waals surface area contributed by atoms with E-state index in [1.165, 1.54) is 50.3 Å². The van der Waals surface area contributed by atoms with Crippen LogP contribution in [0.4, 0.5) is 0 Å². The largest absolute Gasteiger partial charge is 0.504 e. The van der Waals surface area contributed by atoms with Gasteiger partial charge in [0.05, 0.1) is 68.0 Å². The molecule has 11 rings (SSSR count). The number of aromatic hydroxyl groups is 1. The van der Waals surface area contributed by atoms with Crippen LogP contribution < -0.4 is 41.2 Å². The van der Waals surface area contributed by atoms with E-state index < -0.39 is 282 Å². The average molecular weight is 2070 g/mol. The van der Waals surface area contributed by atoms with E-state index in [0.717, 1.165) is 37.8 Å². The predicted octanol–water partition coefficient (Wildman–Crippen LogP) is 0.737. The zero-order chi connectivity index (χ0) is 108. The number of nitrogens with one attached hydrogen (secondary N) is 5. The molecule has 0 spiro atoms. The van der Waals surface area contributed by atoms with E-state index in [-0.39, 0.29) is 55.1 Å². The Hall–Kier alpha value is -11.2. The second-order valence-corrected chi connectivity index (χ2v) is 40.2. The van der Waals surface area contributed by atoms with Gasteiger partial charge in [-0.2, -0.15) is 8.42 Å². The van der Waals surface area contributed by atoms with Gasteiger partial charge in [-0.3, -0.25) is 57.3 Å². The van der Waals surface area contributed by atoms with Crippen LogP contribution in [0.15, 0.2) is 113 Å². The number of aliphatic hydroxyl groups excluding tert-OH is 10. The van der Waals surface area contributed by atoms with Crippen LogP contribution in [0.5, 0.6) is 17.2 Å². The van der Waals surface area contributed by atoms with Gasteiger partial charge < -0.3 is 145 Å². The number of phenols is 1. The molecular weight excluding hydrogens is 1930 g/mol. The van der Waals surface area contributed by atoms with E-state index in [4.69, 9.17) is 38.7 Å². The fraction of sp³-hybridized carbons (Fsp3) is 0.610. The van der Waals surface area contributed by atoms with E-state index in [2.05, 4.69) is 38.8 Å². The second kappa shape index (κ2) is 52.1. The molecule has 7 heterocycles. The molecular formula is C100H140N10O35S. The standard InChI is InChI=1S/C56H71N9O23S.C44H69NO12/c1-4-5-6-17-86-32-14-11-28(12-15-32)39-21-33(63-87-39)27-7-9-29(10-8-27)49(75)58-34-20-38(70)52(78)62-54(80)45-46(72)25(2)23-65(45)56(82)43(37(69)22-41(57)71)60-53(79)44(48(74)47(73)30-13-16-36(68)40(18-30)88-89(83,84)85)61-51(77)35-19-31(67)24-64(35)55(81)42(26(3)66)59-50(34)76;1-10-13-31-19-25(2)18-26(3)20-37(54-8)40-38(55-9)22-28(5)44(52,57-40)41(49)42(50)45-17-12-11-14-32(45)43(51)56-39(29(6)34(47)24-35(31)48)27(4)21-30-15-16-33(46)36(23-30)53-7/h7-16,18,21,25-26,31,34-35,37-38,42-48,52,66-70,72-74,78H,4-6,17,19-20,22-24H2,1-3H3,(H2,57,71)(H,58,75)(H,59,76)(H,60,79)(H,61,77)(H,62,80)(H,83,84,85);10,19,21,26,28-34,36-40,46-47,52H,1,11-18,20,22-24H2,2-9H3/b;25-19+,27-21+/t;26-,28+,29+,30-,31+,32-,33+,34-,36+,37-,38-,39+,40+,44+/m.0/s1. The van der Waals surface area contributed by atoms with Crippen molar-refractivity contribution in [3.8, 4) is 39.8 Å². The predicted molar refractivity (Wildman–Crippen MR) is 516 cm³/mol. The molecule has 6 aliphatic heterocycles. The maximum Gasteiger partial charge on any atom is 0.446 e. The fourth-order valence-electron chi connectivity index (χ4n) is 19.8. The third-order valence-electron chi connectivity index (χ3n) is 28.1. The molecule has 9 amide bonds. The van der Waals surface area contributed by atoms with E-state index >= 15 is 0 Å². The molecule has 806 valence electrons. The number of Topliss-reactive ketones (excluding diaryl/α,β-unsaturated/α-hetero) is 2. The zero-order valence-corrected chi connectivity index (χ0v) is 84.3. The van der Waals surface area contributed by atoms with Crippen molar-refractivity contribution in [1.29, 1.82) is 0 Å². The lowest BCUT2D eigenvalue weighted by molar-refractivity contribution is -0.302. The van der Waals surface area contributed by atoms with Crippen LogP contribution in [-0.4, -0.2) is 346 Å². The van der Waals surface area contributed by atoms with Gasteiger partial charge in [-0.05, 0) is 163 Å². The molecule has 6 fully saturated rings. The number of piperidine rings is 1. The maximum absolute atomic E-state index is 14.7. The van der Waals surface area contributed by atoms with E-state index in [9.17, 15) is 132 Å². The van der Waals surface area contributed by atoms with Crippen molar-refractivity contribution in [2.45, 2.75) is 304 Å². The minimum atomic E-state index is -5.35. The number of rotatable bonds is 25. The van der Waals surface area contributed by atoms with Gasteiger partial charge >= 0.3 is 16.4 Å². The highest BCUT2D eigenvalue weighted by atomic mass is 32.3. The topological polar surface area (TPSA) is 689 Å². The number of fused-ring (bicyclic) bond motifs is 5. The van der Waals surface area contributed by atoms with Crippen molar-refractivity contribution >= 4 is 81.1 Å². The Morgan fingerprint density at radius 1 is 0.712 bits per heavy atom. The number of phenolic OH excluding ortho intramolecular Hbond substituents is 1. The SMILES string of the molecule is C=CC[C@@H]1/C=C(\C)C[C@H](C)C[C@H](OC)[C@H]2O[C@@](O)(C(=O)C(=O)N3CCCC[C@H]3C(=O)O[C@H](/C(C)=C/[C@@H]3CC[C@@H](O)[C@H](OC)C3)[C@H](C)[C@@H](O)CC1=O)[C@H](C)C[C@@H]2OC.CCCCCOc1ccc(-c2cc(-c3ccc(C(=O)NC4CC(O)C(O)NC(=O)C5C(O)C(C)CN5C(=O)C(C(O)CC(N)=O)NC(=O)C(C(O)C(O)c5ccc(O)c(OS(=O)(=O)O)c5)NC(=O)C5CC(O)CN5C(=O)C(C(C)O)NC4=O)cc3)no2)cc1. The summed E-state index contributed by atoms with van der Waals surface area (Å²) in [5, 5.41) is 150. The molecule has 146 heavy (non-hydrogen) atoms. The van der Waals surface area contributed by atoms with Gasteiger partial charge in [0.15, 0.2) is 23.5 Å². The van der Waals surface area contributed by atoms with Crippen LogP contribution >= 0.6 is 0 Å². The lowest BCUT2D eigenvalue weighted by Crippen LogP contribution is -2.64. The van der Waals surface area contributed by atoms with Gasteiger partial charge in [-0.25, -0.2) is 4.79 Å². The first kappa shape index (κ1) is 117. The molecule has 7 aliphatic rings. The zero-order valence-electron chi connectivity index (χ0n) is 83.5. The molecule has 2 bridgehead atoms.